The normalized spacial score (nSPS) is 14.5. The molecule has 0 saturated carbocycles. The van der Waals surface area contributed by atoms with Crippen LogP contribution in [0, 0.1) is 6.92 Å². The van der Waals surface area contributed by atoms with Crippen LogP contribution in [0.25, 0.3) is 11.1 Å². The van der Waals surface area contributed by atoms with E-state index in [1.807, 2.05) is 39.0 Å². The van der Waals surface area contributed by atoms with Crippen molar-refractivity contribution in [2.45, 2.75) is 38.2 Å². The van der Waals surface area contributed by atoms with E-state index >= 15 is 0 Å². The first-order valence-electron chi connectivity index (χ1n) is 9.42. The number of carbonyl (C=O) groups excluding carboxylic acids is 1. The first-order chi connectivity index (χ1) is 13.3. The van der Waals surface area contributed by atoms with Gasteiger partial charge in [-0.25, -0.2) is 8.42 Å². The third kappa shape index (κ3) is 4.20. The van der Waals surface area contributed by atoms with Gasteiger partial charge in [-0.2, -0.15) is 0 Å². The molecule has 1 aliphatic rings. The third-order valence-electron chi connectivity index (χ3n) is 4.55. The highest BCUT2D eigenvalue weighted by Gasteiger charge is 2.35. The van der Waals surface area contributed by atoms with Crippen LogP contribution in [0.15, 0.2) is 47.4 Å². The molecule has 0 radical (unpaired) electrons. The molecule has 6 nitrogen and oxygen atoms in total. The smallest absolute Gasteiger partial charge is 0.265 e. The van der Waals surface area contributed by atoms with Crippen molar-refractivity contribution in [1.82, 2.24) is 5.32 Å². The van der Waals surface area contributed by atoms with E-state index in [0.29, 0.717) is 30.8 Å². The number of hydrogen-bond acceptors (Lipinski definition) is 4. The van der Waals surface area contributed by atoms with Crippen LogP contribution in [0.3, 0.4) is 0 Å². The van der Waals surface area contributed by atoms with Crippen molar-refractivity contribution >= 4 is 21.6 Å². The second-order valence-electron chi connectivity index (χ2n) is 7.15. The number of amides is 1. The molecule has 150 valence electrons. The Bertz CT molecular complexity index is 970. The van der Waals surface area contributed by atoms with Crippen LogP contribution in [0.4, 0.5) is 5.69 Å². The number of rotatable bonds is 7. The molecule has 3 rings (SSSR count). The minimum atomic E-state index is -3.80. The highest BCUT2D eigenvalue weighted by molar-refractivity contribution is 7.93. The quantitative estimate of drug-likeness (QED) is 0.722. The summed E-state index contributed by atoms with van der Waals surface area (Å²) in [6.07, 6.45) is 0.823. The lowest BCUT2D eigenvalue weighted by Gasteiger charge is -2.31. The van der Waals surface area contributed by atoms with Crippen molar-refractivity contribution < 1.29 is 17.9 Å². The summed E-state index contributed by atoms with van der Waals surface area (Å²) >= 11 is 0. The Balaban J connectivity index is 1.81. The van der Waals surface area contributed by atoms with Crippen LogP contribution in [0.5, 0.6) is 0 Å². The Hall–Kier alpha value is -2.38. The summed E-state index contributed by atoms with van der Waals surface area (Å²) in [7, 11) is -3.80. The molecule has 0 saturated heterocycles. The lowest BCUT2D eigenvalue weighted by molar-refractivity contribution is -0.119. The second kappa shape index (κ2) is 8.32. The van der Waals surface area contributed by atoms with E-state index in [9.17, 15) is 13.2 Å². The summed E-state index contributed by atoms with van der Waals surface area (Å²) < 4.78 is 33.0. The van der Waals surface area contributed by atoms with E-state index in [2.05, 4.69) is 5.32 Å². The number of benzene rings is 2. The number of anilines is 1. The SMILES string of the molecule is Cc1ccc2c(c1)-c1ccccc1S(=O)(=O)N2CC(=O)NCCCOC(C)C. The predicted octanol–water partition coefficient (Wildman–Crippen LogP) is 3.10. The van der Waals surface area contributed by atoms with Gasteiger partial charge in [0.1, 0.15) is 6.54 Å². The van der Waals surface area contributed by atoms with Gasteiger partial charge in [0.25, 0.3) is 10.0 Å². The molecule has 1 aliphatic heterocycles. The highest BCUT2D eigenvalue weighted by Crippen LogP contribution is 2.43. The zero-order valence-corrected chi connectivity index (χ0v) is 17.3. The van der Waals surface area contributed by atoms with Crippen molar-refractivity contribution in [2.24, 2.45) is 0 Å². The van der Waals surface area contributed by atoms with Gasteiger partial charge in [-0.05, 0) is 45.4 Å². The summed E-state index contributed by atoms with van der Waals surface area (Å²) in [5, 5.41) is 2.78. The van der Waals surface area contributed by atoms with E-state index in [-0.39, 0.29) is 23.5 Å². The largest absolute Gasteiger partial charge is 0.379 e. The third-order valence-corrected chi connectivity index (χ3v) is 6.37. The van der Waals surface area contributed by atoms with Crippen molar-refractivity contribution in [3.05, 3.63) is 48.0 Å². The molecule has 28 heavy (non-hydrogen) atoms. The van der Waals surface area contributed by atoms with Gasteiger partial charge >= 0.3 is 0 Å². The number of nitrogens with one attached hydrogen (secondary N) is 1. The van der Waals surface area contributed by atoms with E-state index < -0.39 is 10.0 Å². The van der Waals surface area contributed by atoms with Crippen LogP contribution in [0.1, 0.15) is 25.8 Å². The second-order valence-corrected chi connectivity index (χ2v) is 8.98. The Kier molecular flexibility index (Phi) is 6.05. The van der Waals surface area contributed by atoms with Crippen LogP contribution in [-0.4, -0.2) is 40.1 Å². The number of fused-ring (bicyclic) bond motifs is 3. The number of sulfonamides is 1. The van der Waals surface area contributed by atoms with E-state index in [0.717, 1.165) is 11.1 Å². The van der Waals surface area contributed by atoms with Crippen molar-refractivity contribution in [1.29, 1.82) is 0 Å². The zero-order chi connectivity index (χ0) is 20.3. The maximum absolute atomic E-state index is 13.2. The highest BCUT2D eigenvalue weighted by atomic mass is 32.2. The van der Waals surface area contributed by atoms with Crippen molar-refractivity contribution in [3.8, 4) is 11.1 Å². The fraction of sp³-hybridized carbons (Fsp3) is 0.381. The van der Waals surface area contributed by atoms with E-state index in [1.165, 1.54) is 4.31 Å². The first kappa shape index (κ1) is 20.4. The predicted molar refractivity (Wildman–Crippen MR) is 110 cm³/mol. The Labute approximate surface area is 166 Å². The maximum atomic E-state index is 13.2. The summed E-state index contributed by atoms with van der Waals surface area (Å²) in [5.41, 5.74) is 3.05. The van der Waals surface area contributed by atoms with Gasteiger partial charge in [0, 0.05) is 24.3 Å². The molecule has 1 amide bonds. The van der Waals surface area contributed by atoms with Crippen LogP contribution in [0.2, 0.25) is 0 Å². The Morgan fingerprint density at radius 3 is 2.64 bits per heavy atom. The molecule has 0 bridgehead atoms. The molecule has 0 unspecified atom stereocenters. The van der Waals surface area contributed by atoms with Crippen LogP contribution in [-0.2, 0) is 19.6 Å². The summed E-state index contributed by atoms with van der Waals surface area (Å²) in [4.78, 5) is 12.7. The minimum absolute atomic E-state index is 0.147. The molecule has 1 N–H and O–H groups in total. The molecule has 2 aromatic carbocycles. The number of carbonyl (C=O) groups is 1. The van der Waals surface area contributed by atoms with Gasteiger partial charge in [0.2, 0.25) is 5.91 Å². The molecule has 7 heteroatoms. The molecule has 0 atom stereocenters. The van der Waals surface area contributed by atoms with Gasteiger partial charge in [-0.15, -0.1) is 0 Å². The summed E-state index contributed by atoms with van der Waals surface area (Å²) in [5.74, 6) is -0.334. The Morgan fingerprint density at radius 1 is 1.14 bits per heavy atom. The Morgan fingerprint density at radius 2 is 1.89 bits per heavy atom. The maximum Gasteiger partial charge on any atom is 0.265 e. The van der Waals surface area contributed by atoms with Gasteiger partial charge in [0.05, 0.1) is 16.7 Å². The topological polar surface area (TPSA) is 75.7 Å². The molecule has 2 aromatic rings. The lowest BCUT2D eigenvalue weighted by atomic mass is 10.0. The standard InChI is InChI=1S/C21H26N2O4S/c1-15(2)27-12-6-11-22-21(24)14-23-19-10-9-16(3)13-18(19)17-7-4-5-8-20(17)28(23,25)26/h4-5,7-10,13,15H,6,11-12,14H2,1-3H3,(H,22,24). The average molecular weight is 403 g/mol. The van der Waals surface area contributed by atoms with Gasteiger partial charge in [0.15, 0.2) is 0 Å². The molecular formula is C21H26N2O4S. The van der Waals surface area contributed by atoms with Gasteiger partial charge < -0.3 is 10.1 Å². The summed E-state index contributed by atoms with van der Waals surface area (Å²) in [6.45, 7) is 6.61. The van der Waals surface area contributed by atoms with Crippen molar-refractivity contribution in [2.75, 3.05) is 24.0 Å². The average Bonchev–Trinajstić information content (AvgIpc) is 2.65. The molecule has 0 aliphatic carbocycles. The summed E-state index contributed by atoms with van der Waals surface area (Å²) in [6, 6.07) is 12.5. The minimum Gasteiger partial charge on any atom is -0.379 e. The zero-order valence-electron chi connectivity index (χ0n) is 16.4. The lowest BCUT2D eigenvalue weighted by Crippen LogP contribution is -2.42. The number of hydrogen-bond donors (Lipinski definition) is 1. The van der Waals surface area contributed by atoms with Crippen LogP contribution < -0.4 is 9.62 Å². The molecule has 1 heterocycles. The van der Waals surface area contributed by atoms with E-state index in [1.54, 1.807) is 24.3 Å². The fourth-order valence-corrected chi connectivity index (χ4v) is 4.87. The molecule has 0 aromatic heterocycles. The van der Waals surface area contributed by atoms with Crippen molar-refractivity contribution in [3.63, 3.8) is 0 Å². The molecule has 0 spiro atoms. The number of aryl methyl sites for hydroxylation is 1. The fourth-order valence-electron chi connectivity index (χ4n) is 3.22. The van der Waals surface area contributed by atoms with E-state index in [4.69, 9.17) is 4.74 Å². The monoisotopic (exact) mass is 402 g/mol. The first-order valence-corrected chi connectivity index (χ1v) is 10.9. The van der Waals surface area contributed by atoms with Gasteiger partial charge in [-0.3, -0.25) is 9.10 Å². The number of ether oxygens (including phenoxy) is 1. The van der Waals surface area contributed by atoms with Gasteiger partial charge in [-0.1, -0.05) is 29.8 Å². The molecular weight excluding hydrogens is 376 g/mol. The van der Waals surface area contributed by atoms with Crippen LogP contribution >= 0.6 is 0 Å². The number of nitrogens with zero attached hydrogens (tertiary/aromatic N) is 1. The molecule has 0 fully saturated rings.